The molecule has 0 aromatic heterocycles. The van der Waals surface area contributed by atoms with Gasteiger partial charge < -0.3 is 0 Å². The zero-order valence-electron chi connectivity index (χ0n) is 16.8. The zero-order chi connectivity index (χ0) is 22.1. The summed E-state index contributed by atoms with van der Waals surface area (Å²) in [6.45, 7) is 1.83. The average molecular weight is 426 g/mol. The van der Waals surface area contributed by atoms with Crippen LogP contribution in [0.15, 0.2) is 42.5 Å². The van der Waals surface area contributed by atoms with Crippen LogP contribution in [-0.4, -0.2) is 0 Å². The molecule has 31 heavy (non-hydrogen) atoms. The molecule has 0 radical (unpaired) electrons. The van der Waals surface area contributed by atoms with Crippen molar-refractivity contribution in [3.63, 3.8) is 0 Å². The second-order valence-electron chi connectivity index (χ2n) is 7.71. The van der Waals surface area contributed by atoms with Gasteiger partial charge in [-0.3, -0.25) is 0 Å². The summed E-state index contributed by atoms with van der Waals surface area (Å²) in [5, 5.41) is 0. The molecule has 3 aromatic rings. The van der Waals surface area contributed by atoms with Crippen molar-refractivity contribution in [1.82, 2.24) is 0 Å². The van der Waals surface area contributed by atoms with Gasteiger partial charge in [-0.15, -0.1) is 0 Å². The molecule has 0 spiro atoms. The van der Waals surface area contributed by atoms with E-state index in [1.54, 1.807) is 6.07 Å². The summed E-state index contributed by atoms with van der Waals surface area (Å²) < 4.78 is 70.4. The number of rotatable bonds is 2. The van der Waals surface area contributed by atoms with Gasteiger partial charge in [-0.2, -0.15) is 0 Å². The fraction of sp³-hybridized carbons (Fsp3) is 0.231. The minimum absolute atomic E-state index is 0.0606. The second-order valence-corrected chi connectivity index (χ2v) is 7.71. The van der Waals surface area contributed by atoms with E-state index >= 15 is 4.39 Å². The van der Waals surface area contributed by atoms with E-state index < -0.39 is 29.1 Å². The van der Waals surface area contributed by atoms with Crippen molar-refractivity contribution in [1.29, 1.82) is 0 Å². The van der Waals surface area contributed by atoms with E-state index in [0.29, 0.717) is 42.4 Å². The lowest BCUT2D eigenvalue weighted by Crippen LogP contribution is -2.17. The van der Waals surface area contributed by atoms with Crippen molar-refractivity contribution >= 4 is 0 Å². The van der Waals surface area contributed by atoms with Crippen LogP contribution < -0.4 is 0 Å². The van der Waals surface area contributed by atoms with Crippen LogP contribution >= 0.6 is 0 Å². The van der Waals surface area contributed by atoms with E-state index in [1.807, 2.05) is 6.92 Å². The van der Waals surface area contributed by atoms with Gasteiger partial charge in [0.05, 0.1) is 5.56 Å². The normalized spacial score (nSPS) is 15.2. The average Bonchev–Trinajstić information content (AvgIpc) is 2.75. The van der Waals surface area contributed by atoms with Gasteiger partial charge in [-0.1, -0.05) is 24.8 Å². The molecule has 1 aliphatic rings. The van der Waals surface area contributed by atoms with Crippen molar-refractivity contribution in [2.75, 3.05) is 0 Å². The van der Waals surface area contributed by atoms with Crippen LogP contribution in [0.2, 0.25) is 0 Å². The van der Waals surface area contributed by atoms with Crippen LogP contribution in [0.25, 0.3) is 0 Å². The van der Waals surface area contributed by atoms with Crippen molar-refractivity contribution < 1.29 is 22.0 Å². The van der Waals surface area contributed by atoms with Gasteiger partial charge in [0.25, 0.3) is 0 Å². The topological polar surface area (TPSA) is 0 Å². The minimum Gasteiger partial charge on any atom is -0.207 e. The van der Waals surface area contributed by atoms with Gasteiger partial charge in [0, 0.05) is 11.1 Å². The van der Waals surface area contributed by atoms with Gasteiger partial charge in [-0.25, -0.2) is 22.0 Å². The van der Waals surface area contributed by atoms with Crippen LogP contribution in [0.1, 0.15) is 52.6 Å². The van der Waals surface area contributed by atoms with Gasteiger partial charge in [0.15, 0.2) is 11.6 Å². The smallest absolute Gasteiger partial charge is 0.160 e. The molecule has 0 nitrogen and oxygen atoms in total. The van der Waals surface area contributed by atoms with E-state index in [0.717, 1.165) is 12.1 Å². The SMILES string of the molecule is CCc1cc(F)c(C2CCc3c(ccc(C#Cc4ccc(F)c(F)c4)c3F)C2)c(F)c1. The van der Waals surface area contributed by atoms with Crippen LogP contribution in [0.3, 0.4) is 0 Å². The number of aryl methyl sites for hydroxylation is 1. The second kappa shape index (κ2) is 8.55. The fourth-order valence-corrected chi connectivity index (χ4v) is 4.10. The number of hydrogen-bond donors (Lipinski definition) is 0. The van der Waals surface area contributed by atoms with E-state index in [4.69, 9.17) is 0 Å². The minimum atomic E-state index is -1.02. The Labute approximate surface area is 177 Å². The van der Waals surface area contributed by atoms with Crippen molar-refractivity contribution in [3.8, 4) is 11.8 Å². The highest BCUT2D eigenvalue weighted by Crippen LogP contribution is 2.37. The zero-order valence-corrected chi connectivity index (χ0v) is 16.8. The quantitative estimate of drug-likeness (QED) is 0.319. The Bertz CT molecular complexity index is 1190. The first-order chi connectivity index (χ1) is 14.9. The van der Waals surface area contributed by atoms with Crippen LogP contribution in [0, 0.1) is 40.9 Å². The lowest BCUT2D eigenvalue weighted by atomic mass is 9.79. The highest BCUT2D eigenvalue weighted by Gasteiger charge is 2.28. The summed E-state index contributed by atoms with van der Waals surface area (Å²) in [6.07, 6.45) is 1.63. The monoisotopic (exact) mass is 426 g/mol. The van der Waals surface area contributed by atoms with Crippen LogP contribution in [0.5, 0.6) is 0 Å². The van der Waals surface area contributed by atoms with Crippen molar-refractivity contribution in [2.45, 2.75) is 38.5 Å². The maximum Gasteiger partial charge on any atom is 0.160 e. The molecule has 0 saturated heterocycles. The third kappa shape index (κ3) is 4.20. The van der Waals surface area contributed by atoms with E-state index in [2.05, 4.69) is 11.8 Å². The third-order valence-corrected chi connectivity index (χ3v) is 5.77. The maximum atomic E-state index is 15.0. The summed E-state index contributed by atoms with van der Waals surface area (Å²) in [6, 6.07) is 9.20. The molecular formula is C26H19F5. The van der Waals surface area contributed by atoms with E-state index in [9.17, 15) is 17.6 Å². The van der Waals surface area contributed by atoms with Crippen LogP contribution in [-0.2, 0) is 19.3 Å². The first kappa shape index (κ1) is 21.1. The first-order valence-corrected chi connectivity index (χ1v) is 10.1. The highest BCUT2D eigenvalue weighted by molar-refractivity contribution is 5.48. The Balaban J connectivity index is 1.61. The van der Waals surface area contributed by atoms with E-state index in [-0.39, 0.29) is 22.6 Å². The Morgan fingerprint density at radius 3 is 2.26 bits per heavy atom. The lowest BCUT2D eigenvalue weighted by Gasteiger charge is -2.26. The summed E-state index contributed by atoms with van der Waals surface area (Å²) in [5.41, 5.74) is 2.23. The summed E-state index contributed by atoms with van der Waals surface area (Å²) in [4.78, 5) is 0. The highest BCUT2D eigenvalue weighted by atomic mass is 19.2. The molecule has 0 saturated carbocycles. The first-order valence-electron chi connectivity index (χ1n) is 10.1. The Hall–Kier alpha value is -3.13. The number of fused-ring (bicyclic) bond motifs is 1. The molecule has 0 bridgehead atoms. The number of halogens is 5. The number of benzene rings is 3. The molecule has 158 valence electrons. The summed E-state index contributed by atoms with van der Waals surface area (Å²) in [5.74, 6) is 1.36. The summed E-state index contributed by atoms with van der Waals surface area (Å²) in [7, 11) is 0. The Morgan fingerprint density at radius 1 is 0.839 bits per heavy atom. The van der Waals surface area contributed by atoms with Crippen LogP contribution in [0.4, 0.5) is 22.0 Å². The molecular weight excluding hydrogens is 407 g/mol. The van der Waals surface area contributed by atoms with Crippen molar-refractivity contribution in [2.24, 2.45) is 0 Å². The molecule has 1 atom stereocenters. The van der Waals surface area contributed by atoms with Gasteiger partial charge in [0.1, 0.15) is 17.5 Å². The maximum absolute atomic E-state index is 15.0. The molecule has 1 unspecified atom stereocenters. The summed E-state index contributed by atoms with van der Waals surface area (Å²) >= 11 is 0. The molecule has 0 fully saturated rings. The number of hydrogen-bond acceptors (Lipinski definition) is 0. The molecule has 4 rings (SSSR count). The largest absolute Gasteiger partial charge is 0.207 e. The Morgan fingerprint density at radius 2 is 1.58 bits per heavy atom. The molecule has 0 amide bonds. The molecule has 1 aliphatic carbocycles. The predicted octanol–water partition coefficient (Wildman–Crippen LogP) is 6.62. The lowest BCUT2D eigenvalue weighted by molar-refractivity contribution is 0.481. The van der Waals surface area contributed by atoms with E-state index in [1.165, 1.54) is 24.3 Å². The molecule has 3 aromatic carbocycles. The predicted molar refractivity (Wildman–Crippen MR) is 109 cm³/mol. The van der Waals surface area contributed by atoms with Gasteiger partial charge >= 0.3 is 0 Å². The third-order valence-electron chi connectivity index (χ3n) is 5.77. The molecule has 0 heterocycles. The standard InChI is InChI=1S/C26H19F5/c1-2-15-11-23(29)25(24(30)12-15)19-8-9-20-18(14-19)7-6-17(26(20)31)5-3-16-4-10-21(27)22(28)13-16/h4,6-7,10-13,19H,2,8-9,14H2,1H3. The molecule has 0 N–H and O–H groups in total. The fourth-order valence-electron chi connectivity index (χ4n) is 4.10. The van der Waals surface area contributed by atoms with Gasteiger partial charge in [-0.05, 0) is 84.7 Å². The van der Waals surface area contributed by atoms with Gasteiger partial charge in [0.2, 0.25) is 0 Å². The molecule has 5 heteroatoms. The Kier molecular flexibility index (Phi) is 5.82. The van der Waals surface area contributed by atoms with Crippen molar-refractivity contribution in [3.05, 3.63) is 105 Å². The molecule has 0 aliphatic heterocycles.